The third-order valence-corrected chi connectivity index (χ3v) is 8.00. The highest BCUT2D eigenvalue weighted by Gasteiger charge is 2.17. The highest BCUT2D eigenvalue weighted by atomic mass is 32.2. The molecule has 1 aromatic heterocycles. The van der Waals surface area contributed by atoms with Gasteiger partial charge in [0.1, 0.15) is 11.5 Å². The first-order chi connectivity index (χ1) is 14.9. The quantitative estimate of drug-likeness (QED) is 0.467. The van der Waals surface area contributed by atoms with E-state index in [1.807, 2.05) is 29.0 Å². The minimum atomic E-state index is -3.59. The Labute approximate surface area is 189 Å². The average molecular weight is 481 g/mol. The number of carbonyl (C=O) groups excluding carboxylic acids is 1. The predicted molar refractivity (Wildman–Crippen MR) is 125 cm³/mol. The number of ether oxygens (including phenoxy) is 2. The third-order valence-electron chi connectivity index (χ3n) is 4.63. The second-order valence-corrected chi connectivity index (χ2v) is 10.7. The average Bonchev–Trinajstić information content (AvgIpc) is 3.12. The van der Waals surface area contributed by atoms with Crippen LogP contribution in [0, 0.1) is 0 Å². The van der Waals surface area contributed by atoms with E-state index < -0.39 is 15.7 Å². The Kier molecular flexibility index (Phi) is 7.79. The summed E-state index contributed by atoms with van der Waals surface area (Å²) < 4.78 is 38.4. The van der Waals surface area contributed by atoms with E-state index in [1.165, 1.54) is 30.6 Å². The van der Waals surface area contributed by atoms with Gasteiger partial charge < -0.3 is 14.0 Å². The van der Waals surface area contributed by atoms with Crippen LogP contribution in [0.3, 0.4) is 0 Å². The number of fused-ring (bicyclic) bond motifs is 1. The largest absolute Gasteiger partial charge is 0.497 e. The zero-order chi connectivity index (χ0) is 22.4. The molecule has 0 fully saturated rings. The van der Waals surface area contributed by atoms with Crippen molar-refractivity contribution < 1.29 is 22.7 Å². The lowest BCUT2D eigenvalue weighted by Gasteiger charge is -2.05. The first-order valence-electron chi connectivity index (χ1n) is 9.48. The Bertz CT molecular complexity index is 1230. The lowest BCUT2D eigenvalue weighted by atomic mass is 10.3. The van der Waals surface area contributed by atoms with Crippen LogP contribution in [-0.4, -0.2) is 50.9 Å². The van der Waals surface area contributed by atoms with Crippen LogP contribution in [0.5, 0.6) is 11.5 Å². The molecule has 1 amide bonds. The Hall–Kier alpha value is -2.30. The van der Waals surface area contributed by atoms with Gasteiger partial charge in [-0.25, -0.2) is 8.42 Å². The maximum absolute atomic E-state index is 12.6. The summed E-state index contributed by atoms with van der Waals surface area (Å²) in [7, 11) is -0.471. The van der Waals surface area contributed by atoms with Crippen LogP contribution in [0.15, 0.2) is 52.4 Å². The molecule has 7 nitrogen and oxygen atoms in total. The van der Waals surface area contributed by atoms with Gasteiger partial charge in [0.05, 0.1) is 35.1 Å². The molecule has 0 spiro atoms. The number of rotatable bonds is 9. The SMILES string of the molecule is COc1ccc(S(=O)(=O)CCC(=O)N=c2sc3cc(OC)ccc3n2CCSC)cc1. The molecule has 0 aliphatic rings. The van der Waals surface area contributed by atoms with E-state index in [9.17, 15) is 13.2 Å². The van der Waals surface area contributed by atoms with E-state index in [4.69, 9.17) is 9.47 Å². The molecule has 0 aliphatic carbocycles. The van der Waals surface area contributed by atoms with Crippen molar-refractivity contribution in [3.63, 3.8) is 0 Å². The van der Waals surface area contributed by atoms with Crippen molar-refractivity contribution in [3.05, 3.63) is 47.3 Å². The number of aromatic nitrogens is 1. The summed E-state index contributed by atoms with van der Waals surface area (Å²) in [5.41, 5.74) is 0.970. The molecule has 0 aliphatic heterocycles. The molecule has 0 atom stereocenters. The Morgan fingerprint density at radius 1 is 1.10 bits per heavy atom. The van der Waals surface area contributed by atoms with Crippen molar-refractivity contribution in [1.29, 1.82) is 0 Å². The first kappa shape index (κ1) is 23.4. The van der Waals surface area contributed by atoms with Crippen LogP contribution in [0.2, 0.25) is 0 Å². The van der Waals surface area contributed by atoms with E-state index in [-0.39, 0.29) is 17.1 Å². The molecule has 0 saturated heterocycles. The molecule has 0 unspecified atom stereocenters. The number of benzene rings is 2. The summed E-state index contributed by atoms with van der Waals surface area (Å²) in [6.07, 6.45) is 1.83. The number of hydrogen-bond donors (Lipinski definition) is 0. The van der Waals surface area contributed by atoms with Gasteiger partial charge in [-0.1, -0.05) is 11.3 Å². The number of hydrogen-bond acceptors (Lipinski definition) is 7. The normalized spacial score (nSPS) is 12.3. The molecule has 0 radical (unpaired) electrons. The van der Waals surface area contributed by atoms with E-state index in [0.717, 1.165) is 21.7 Å². The molecule has 166 valence electrons. The minimum Gasteiger partial charge on any atom is -0.497 e. The molecule has 0 bridgehead atoms. The van der Waals surface area contributed by atoms with Crippen LogP contribution >= 0.6 is 23.1 Å². The number of aryl methyl sites for hydroxylation is 1. The summed E-state index contributed by atoms with van der Waals surface area (Å²) in [5, 5.41) is 0. The number of thiazole rings is 1. The molecule has 31 heavy (non-hydrogen) atoms. The minimum absolute atomic E-state index is 0.157. The van der Waals surface area contributed by atoms with Crippen LogP contribution in [0.25, 0.3) is 10.2 Å². The standard InChI is InChI=1S/C21H24N2O5S3/c1-27-15-4-7-17(8-5-15)31(25,26)13-10-20(24)22-21-23(11-12-29-3)18-9-6-16(28-2)14-19(18)30-21/h4-9,14H,10-13H2,1-3H3. The van der Waals surface area contributed by atoms with E-state index in [2.05, 4.69) is 4.99 Å². The topological polar surface area (TPSA) is 87.0 Å². The number of sulfone groups is 1. The molecular weight excluding hydrogens is 456 g/mol. The van der Waals surface area contributed by atoms with Crippen LogP contribution in [-0.2, 0) is 21.2 Å². The Morgan fingerprint density at radius 2 is 1.77 bits per heavy atom. The zero-order valence-corrected chi connectivity index (χ0v) is 20.0. The predicted octanol–water partition coefficient (Wildman–Crippen LogP) is 3.37. The zero-order valence-electron chi connectivity index (χ0n) is 17.5. The van der Waals surface area contributed by atoms with Crippen LogP contribution in [0.1, 0.15) is 6.42 Å². The lowest BCUT2D eigenvalue weighted by molar-refractivity contribution is -0.117. The highest BCUT2D eigenvalue weighted by molar-refractivity contribution is 7.98. The lowest BCUT2D eigenvalue weighted by Crippen LogP contribution is -2.19. The van der Waals surface area contributed by atoms with Crippen LogP contribution < -0.4 is 14.3 Å². The first-order valence-corrected chi connectivity index (χ1v) is 13.3. The van der Waals surface area contributed by atoms with Crippen molar-refractivity contribution >= 4 is 49.1 Å². The van der Waals surface area contributed by atoms with E-state index in [0.29, 0.717) is 17.1 Å². The molecule has 0 N–H and O–H groups in total. The molecular formula is C21H24N2O5S3. The van der Waals surface area contributed by atoms with E-state index in [1.54, 1.807) is 31.0 Å². The number of nitrogens with zero attached hydrogens (tertiary/aromatic N) is 2. The number of amides is 1. The van der Waals surface area contributed by atoms with Gasteiger partial charge in [0.2, 0.25) is 5.91 Å². The molecule has 1 heterocycles. The van der Waals surface area contributed by atoms with Gasteiger partial charge >= 0.3 is 0 Å². The fourth-order valence-electron chi connectivity index (χ4n) is 2.95. The summed E-state index contributed by atoms with van der Waals surface area (Å²) in [4.78, 5) is 17.5. The summed E-state index contributed by atoms with van der Waals surface area (Å²) >= 11 is 3.09. The van der Waals surface area contributed by atoms with Gasteiger partial charge in [-0.3, -0.25) is 4.79 Å². The number of carbonyl (C=O) groups is 1. The molecule has 0 saturated carbocycles. The smallest absolute Gasteiger partial charge is 0.249 e. The molecule has 3 rings (SSSR count). The van der Waals surface area contributed by atoms with Crippen molar-refractivity contribution in [2.75, 3.05) is 32.0 Å². The maximum Gasteiger partial charge on any atom is 0.249 e. The van der Waals surface area contributed by atoms with Gasteiger partial charge in [-0.05, 0) is 48.7 Å². The number of methoxy groups -OCH3 is 2. The Morgan fingerprint density at radius 3 is 2.42 bits per heavy atom. The van der Waals surface area contributed by atoms with E-state index >= 15 is 0 Å². The van der Waals surface area contributed by atoms with Gasteiger partial charge in [0.15, 0.2) is 14.6 Å². The van der Waals surface area contributed by atoms with Crippen molar-refractivity contribution in [2.24, 2.45) is 4.99 Å². The van der Waals surface area contributed by atoms with Gasteiger partial charge in [-0.15, -0.1) is 0 Å². The molecule has 3 aromatic rings. The molecule has 2 aromatic carbocycles. The molecule has 10 heteroatoms. The second-order valence-electron chi connectivity index (χ2n) is 6.61. The Balaban J connectivity index is 1.83. The number of thioether (sulfide) groups is 1. The summed E-state index contributed by atoms with van der Waals surface area (Å²) in [6.45, 7) is 0.698. The van der Waals surface area contributed by atoms with Gasteiger partial charge in [0, 0.05) is 18.7 Å². The fourth-order valence-corrected chi connectivity index (χ4v) is 5.65. The van der Waals surface area contributed by atoms with Crippen molar-refractivity contribution in [2.45, 2.75) is 17.9 Å². The van der Waals surface area contributed by atoms with Crippen molar-refractivity contribution in [1.82, 2.24) is 4.57 Å². The van der Waals surface area contributed by atoms with Crippen LogP contribution in [0.4, 0.5) is 0 Å². The van der Waals surface area contributed by atoms with Gasteiger partial charge in [-0.2, -0.15) is 16.8 Å². The fraction of sp³-hybridized carbons (Fsp3) is 0.333. The highest BCUT2D eigenvalue weighted by Crippen LogP contribution is 2.23. The summed E-state index contributed by atoms with van der Waals surface area (Å²) in [5.74, 6) is 1.40. The van der Waals surface area contributed by atoms with Gasteiger partial charge in [0.25, 0.3) is 0 Å². The summed E-state index contributed by atoms with van der Waals surface area (Å²) in [6, 6.07) is 11.9. The third kappa shape index (κ3) is 5.69. The second kappa shape index (κ2) is 10.3. The maximum atomic E-state index is 12.6. The van der Waals surface area contributed by atoms with Crippen molar-refractivity contribution in [3.8, 4) is 11.5 Å². The monoisotopic (exact) mass is 480 g/mol.